The minimum absolute atomic E-state index is 0. The first-order chi connectivity index (χ1) is 0. The summed E-state index contributed by atoms with van der Waals surface area (Å²) in [5.41, 5.74) is 0. The van der Waals surface area contributed by atoms with Crippen LogP contribution in [0.3, 0.4) is 0 Å². The van der Waals surface area contributed by atoms with E-state index in [0.717, 1.165) is 0 Å². The molecule has 0 amide bonds. The molecule has 0 atom stereocenters. The Hall–Kier alpha value is 3.13. The van der Waals surface area contributed by atoms with Crippen molar-refractivity contribution >= 4 is 0 Å². The van der Waals surface area contributed by atoms with Gasteiger partial charge < -0.3 is 112 Å². The van der Waals surface area contributed by atoms with Crippen molar-refractivity contribution in [1.82, 2.24) is 0 Å². The average molecular weight is 381 g/mol. The van der Waals surface area contributed by atoms with Crippen LogP contribution in [0.4, 0.5) is 0 Å². The molecule has 0 aliphatic heterocycles. The molecule has 0 bridgehead atoms. The monoisotopic (exact) mass is 377 g/mol. The molecule has 0 fully saturated rings. The van der Waals surface area contributed by atoms with Crippen LogP contribution in [0.25, 0.3) is 0 Å². The van der Waals surface area contributed by atoms with E-state index >= 15 is 0 Å². The Morgan fingerprint density at radius 3 is 0.300 bits per heavy atom. The van der Waals surface area contributed by atoms with Crippen molar-refractivity contribution in [1.29, 1.82) is 0 Å². The minimum Gasteiger partial charge on any atom is -1.00 e. The molecule has 0 aromatic carbocycles. The van der Waals surface area contributed by atoms with Crippen LogP contribution in [-0.4, -0.2) is 0 Å². The van der Waals surface area contributed by atoms with E-state index in [0.29, 0.717) is 0 Å². The van der Waals surface area contributed by atoms with Crippen LogP contribution >= 0.6 is 0 Å². The van der Waals surface area contributed by atoms with Gasteiger partial charge in [-0.05, 0) is 0 Å². The van der Waals surface area contributed by atoms with Crippen LogP contribution in [0.2, 0.25) is 0 Å². The zero-order valence-electron chi connectivity index (χ0n) is 9.76. The van der Waals surface area contributed by atoms with E-state index < -0.39 is 0 Å². The van der Waals surface area contributed by atoms with Crippen molar-refractivity contribution in [3.8, 4) is 0 Å². The summed E-state index contributed by atoms with van der Waals surface area (Å²) in [7, 11) is 0. The van der Waals surface area contributed by atoms with Gasteiger partial charge in [-0.2, -0.15) is 0 Å². The molecular formula is H6Cl9Fe. The van der Waals surface area contributed by atoms with Crippen LogP contribution in [-0.2, 0) is 17.1 Å². The summed E-state index contributed by atoms with van der Waals surface area (Å²) in [4.78, 5) is 0. The van der Waals surface area contributed by atoms with E-state index in [1.54, 1.807) is 0 Å². The summed E-state index contributed by atoms with van der Waals surface area (Å²) in [6.45, 7) is 0. The van der Waals surface area contributed by atoms with E-state index in [-0.39, 0.29) is 137 Å². The van der Waals surface area contributed by atoms with E-state index in [2.05, 4.69) is 0 Å². The molecule has 0 aromatic rings. The third kappa shape index (κ3) is 117. The van der Waals surface area contributed by atoms with Gasteiger partial charge in [-0.15, -0.1) is 0 Å². The quantitative estimate of drug-likeness (QED) is 0.366. The Bertz CT molecular complexity index is 20.0. The Morgan fingerprint density at radius 1 is 0.300 bits per heavy atom. The van der Waals surface area contributed by atoms with Gasteiger partial charge in [0.25, 0.3) is 0 Å². The standard InChI is InChI=1S/9ClH.Fe/h9*1H;/q;;;;;;;;;+3/p-3. The van der Waals surface area contributed by atoms with Gasteiger partial charge in [0.1, 0.15) is 0 Å². The van der Waals surface area contributed by atoms with E-state index in [4.69, 9.17) is 0 Å². The molecule has 0 heterocycles. The molecule has 1 radical (unpaired) electrons. The number of rotatable bonds is 0. The predicted molar refractivity (Wildman–Crippen MR) is 6.67 cm³/mol. The Morgan fingerprint density at radius 2 is 0.300 bits per heavy atom. The van der Waals surface area contributed by atoms with E-state index in [1.807, 2.05) is 0 Å². The third-order valence-corrected chi connectivity index (χ3v) is 0. The van der Waals surface area contributed by atoms with Gasteiger partial charge in [0.2, 0.25) is 0 Å². The molecular weight excluding hydrogens is 375 g/mol. The fraction of sp³-hybridized carbons (Fsp3) is 0. The largest absolute Gasteiger partial charge is 3.00 e. The van der Waals surface area contributed by atoms with Gasteiger partial charge in [0.15, 0.2) is 0 Å². The van der Waals surface area contributed by atoms with Gasteiger partial charge in [0, 0.05) is 0 Å². The van der Waals surface area contributed by atoms with Crippen molar-refractivity contribution in [3.05, 3.63) is 0 Å². The number of hydrogen-bond donors (Lipinski definition) is 0. The Labute approximate surface area is 136 Å². The molecule has 0 aliphatic rings. The van der Waals surface area contributed by atoms with Gasteiger partial charge in [-0.25, -0.2) is 0 Å². The summed E-state index contributed by atoms with van der Waals surface area (Å²) in [6.07, 6.45) is 0. The van der Waals surface area contributed by atoms with Crippen LogP contribution in [0.1, 0.15) is 8.56 Å². The summed E-state index contributed by atoms with van der Waals surface area (Å²) in [5, 5.41) is 0. The van der Waals surface area contributed by atoms with Gasteiger partial charge in [-0.1, -0.05) is 0 Å². The fourth-order valence-corrected chi connectivity index (χ4v) is 0. The summed E-state index contributed by atoms with van der Waals surface area (Å²) in [6, 6.07) is 0. The zero-order valence-corrected chi connectivity index (χ0v) is 11.7. The third-order valence-electron chi connectivity index (χ3n) is 0. The maximum atomic E-state index is 0. The van der Waals surface area contributed by atoms with Crippen molar-refractivity contribution in [3.63, 3.8) is 0 Å². The van der Waals surface area contributed by atoms with Crippen molar-refractivity contribution in [2.45, 2.75) is 0 Å². The number of halogens is 9. The molecule has 0 spiro atoms. The van der Waals surface area contributed by atoms with Gasteiger partial charge in [-0.3, -0.25) is 0 Å². The van der Waals surface area contributed by atoms with Gasteiger partial charge in [0.05, 0.1) is 0 Å². The molecule has 0 rings (SSSR count). The van der Waals surface area contributed by atoms with E-state index in [1.165, 1.54) is 0 Å². The summed E-state index contributed by atoms with van der Waals surface area (Å²) < 4.78 is 0. The van der Waals surface area contributed by atoms with Crippen LogP contribution in [0.5, 0.6) is 0 Å². The van der Waals surface area contributed by atoms with Crippen LogP contribution in [0.15, 0.2) is 0 Å². The van der Waals surface area contributed by atoms with E-state index in [9.17, 15) is 0 Å². The average Bonchev–Trinajstić information content (AvgIpc) is 0. The molecule has 10 heteroatoms. The summed E-state index contributed by atoms with van der Waals surface area (Å²) in [5.74, 6) is 0. The Kier molecular flexibility index (Phi) is 3030. The first-order valence-electron chi connectivity index (χ1n) is 0. The van der Waals surface area contributed by atoms with Gasteiger partial charge >= 0.3 is 25.6 Å². The maximum Gasteiger partial charge on any atom is 3.00 e. The minimum atomic E-state index is 0. The maximum absolute atomic E-state index is 0. The molecule has 0 N–H and O–H groups in total. The number of hydrogen-bond acceptors (Lipinski definition) is 0. The second kappa shape index (κ2) is 153. The first kappa shape index (κ1) is 197. The SMILES string of the molecule is [Cl-].[Cl-].[Cl-].[Cl-].[Cl-].[Cl-].[Cl-].[Cl-].[Cl-].[Fe+3].[H+].[H+].[H+].[H+].[H+].[H+]. The fourth-order valence-electron chi connectivity index (χ4n) is 0. The van der Waals surface area contributed by atoms with Crippen LogP contribution in [0, 0.1) is 0 Å². The molecule has 77 valence electrons. The predicted octanol–water partition coefficient (Wildman–Crippen LogP) is -26.3. The second-order valence-electron chi connectivity index (χ2n) is 0. The second-order valence-corrected chi connectivity index (χ2v) is 0. The normalized spacial score (nSPS) is 0. The molecule has 0 aliphatic carbocycles. The van der Waals surface area contributed by atoms with Crippen molar-refractivity contribution < 1.29 is 137 Å². The smallest absolute Gasteiger partial charge is 1.00 e. The molecule has 10 heavy (non-hydrogen) atoms. The molecule has 0 unspecified atom stereocenters. The zero-order chi connectivity index (χ0) is 0. The summed E-state index contributed by atoms with van der Waals surface area (Å²) >= 11 is 0. The Balaban J connectivity index is 0. The van der Waals surface area contributed by atoms with Crippen LogP contribution < -0.4 is 112 Å². The van der Waals surface area contributed by atoms with Crippen molar-refractivity contribution in [2.24, 2.45) is 0 Å². The van der Waals surface area contributed by atoms with Crippen molar-refractivity contribution in [2.75, 3.05) is 0 Å². The molecule has 0 saturated carbocycles. The first-order valence-corrected chi connectivity index (χ1v) is 0. The topological polar surface area (TPSA) is 0 Å². The molecule has 0 saturated heterocycles. The molecule has 0 aromatic heterocycles. The molecule has 0 nitrogen and oxygen atoms in total.